The number of hydrogen-bond acceptors (Lipinski definition) is 3. The number of aromatic nitrogens is 1. The summed E-state index contributed by atoms with van der Waals surface area (Å²) >= 11 is 0. The minimum atomic E-state index is -1.09. The quantitative estimate of drug-likeness (QED) is 0.820. The molecular formula is C11H13NO4. The molecule has 1 unspecified atom stereocenters. The van der Waals surface area contributed by atoms with Crippen molar-refractivity contribution in [2.45, 2.75) is 25.5 Å². The highest BCUT2D eigenvalue weighted by molar-refractivity contribution is 5.85. The Morgan fingerprint density at radius 2 is 2.38 bits per heavy atom. The number of pyridine rings is 1. The maximum atomic E-state index is 11.6. The van der Waals surface area contributed by atoms with E-state index in [0.29, 0.717) is 13.2 Å². The molecule has 0 bridgehead atoms. The van der Waals surface area contributed by atoms with Crippen molar-refractivity contribution in [3.8, 4) is 0 Å². The summed E-state index contributed by atoms with van der Waals surface area (Å²) in [6.07, 6.45) is 1.80. The molecule has 0 amide bonds. The van der Waals surface area contributed by atoms with Crippen molar-refractivity contribution in [3.05, 3.63) is 34.2 Å². The fourth-order valence-corrected chi connectivity index (χ4v) is 1.89. The smallest absolute Gasteiger partial charge is 0.352 e. The summed E-state index contributed by atoms with van der Waals surface area (Å²) in [7, 11) is 0. The third-order valence-electron chi connectivity index (χ3n) is 2.68. The molecule has 1 fully saturated rings. The van der Waals surface area contributed by atoms with Gasteiger partial charge in [-0.2, -0.15) is 0 Å². The van der Waals surface area contributed by atoms with E-state index < -0.39 is 5.97 Å². The van der Waals surface area contributed by atoms with E-state index in [4.69, 9.17) is 9.84 Å². The van der Waals surface area contributed by atoms with Crippen molar-refractivity contribution < 1.29 is 14.6 Å². The van der Waals surface area contributed by atoms with Crippen LogP contribution < -0.4 is 5.56 Å². The van der Waals surface area contributed by atoms with Crippen LogP contribution in [-0.2, 0) is 11.3 Å². The van der Waals surface area contributed by atoms with Crippen LogP contribution in [0.3, 0.4) is 0 Å². The van der Waals surface area contributed by atoms with Crippen molar-refractivity contribution in [2.75, 3.05) is 6.61 Å². The van der Waals surface area contributed by atoms with Crippen molar-refractivity contribution in [2.24, 2.45) is 0 Å². The van der Waals surface area contributed by atoms with Gasteiger partial charge in [-0.05, 0) is 18.9 Å². The zero-order chi connectivity index (χ0) is 11.5. The number of carbonyl (C=O) groups is 1. The second-order valence-electron chi connectivity index (χ2n) is 3.80. The van der Waals surface area contributed by atoms with Gasteiger partial charge in [0.15, 0.2) is 0 Å². The number of aromatic carboxylic acids is 1. The van der Waals surface area contributed by atoms with Crippen LogP contribution in [0.1, 0.15) is 23.3 Å². The lowest BCUT2D eigenvalue weighted by Crippen LogP contribution is -2.29. The van der Waals surface area contributed by atoms with Crippen LogP contribution in [0.5, 0.6) is 0 Å². The molecular weight excluding hydrogens is 210 g/mol. The Labute approximate surface area is 92.3 Å². The first-order valence-electron chi connectivity index (χ1n) is 5.23. The van der Waals surface area contributed by atoms with Crippen molar-refractivity contribution in [3.63, 3.8) is 0 Å². The van der Waals surface area contributed by atoms with Crippen LogP contribution in [0.4, 0.5) is 0 Å². The lowest BCUT2D eigenvalue weighted by Gasteiger charge is -2.13. The first-order valence-corrected chi connectivity index (χ1v) is 5.23. The lowest BCUT2D eigenvalue weighted by molar-refractivity contribution is 0.0667. The molecule has 5 nitrogen and oxygen atoms in total. The second-order valence-corrected chi connectivity index (χ2v) is 3.80. The Morgan fingerprint density at radius 1 is 1.56 bits per heavy atom. The van der Waals surface area contributed by atoms with E-state index in [-0.39, 0.29) is 17.4 Å². The number of nitrogens with zero attached hydrogens (tertiary/aromatic N) is 1. The minimum Gasteiger partial charge on any atom is -0.477 e. The Kier molecular flexibility index (Phi) is 3.05. The average molecular weight is 223 g/mol. The number of carboxylic acid groups (broad SMARTS) is 1. The van der Waals surface area contributed by atoms with Gasteiger partial charge in [0.25, 0.3) is 5.56 Å². The summed E-state index contributed by atoms with van der Waals surface area (Å²) in [5.74, 6) is -1.09. The second kappa shape index (κ2) is 4.49. The van der Waals surface area contributed by atoms with Crippen LogP contribution in [0.15, 0.2) is 23.0 Å². The van der Waals surface area contributed by atoms with E-state index in [2.05, 4.69) is 0 Å². The summed E-state index contributed by atoms with van der Waals surface area (Å²) in [5.41, 5.74) is -0.279. The van der Waals surface area contributed by atoms with Crippen LogP contribution in [0, 0.1) is 0 Å². The van der Waals surface area contributed by atoms with Gasteiger partial charge >= 0.3 is 5.97 Å². The van der Waals surface area contributed by atoms with Gasteiger partial charge in [-0.15, -0.1) is 0 Å². The fourth-order valence-electron chi connectivity index (χ4n) is 1.89. The molecule has 0 aromatic carbocycles. The summed E-state index contributed by atoms with van der Waals surface area (Å²) in [5, 5.41) is 8.96. The number of ether oxygens (including phenoxy) is 1. The summed E-state index contributed by atoms with van der Waals surface area (Å²) < 4.78 is 6.66. The molecule has 16 heavy (non-hydrogen) atoms. The molecule has 1 aliphatic rings. The third-order valence-corrected chi connectivity index (χ3v) is 2.68. The highest BCUT2D eigenvalue weighted by Gasteiger charge is 2.19. The number of carboxylic acids is 1. The Bertz CT molecular complexity index is 446. The first-order chi connectivity index (χ1) is 7.68. The predicted molar refractivity (Wildman–Crippen MR) is 56.6 cm³/mol. The van der Waals surface area contributed by atoms with Gasteiger partial charge in [0, 0.05) is 12.7 Å². The van der Waals surface area contributed by atoms with Crippen molar-refractivity contribution in [1.29, 1.82) is 0 Å². The zero-order valence-electron chi connectivity index (χ0n) is 8.76. The van der Waals surface area contributed by atoms with Gasteiger partial charge in [-0.25, -0.2) is 4.79 Å². The van der Waals surface area contributed by atoms with E-state index >= 15 is 0 Å². The van der Waals surface area contributed by atoms with E-state index in [1.807, 2.05) is 0 Å². The Morgan fingerprint density at radius 3 is 3.00 bits per heavy atom. The summed E-state index contributed by atoms with van der Waals surface area (Å²) in [6, 6.07) is 4.25. The molecule has 1 aromatic rings. The normalized spacial score (nSPS) is 19.9. The molecule has 2 heterocycles. The van der Waals surface area contributed by atoms with Gasteiger partial charge in [-0.1, -0.05) is 6.07 Å². The van der Waals surface area contributed by atoms with Crippen LogP contribution >= 0.6 is 0 Å². The van der Waals surface area contributed by atoms with Crippen LogP contribution in [-0.4, -0.2) is 28.4 Å². The number of rotatable bonds is 3. The standard InChI is InChI=1S/C11H13NO4/c13-10-5-1-4-9(11(14)15)12(10)7-8-3-2-6-16-8/h1,4-5,8H,2-3,6-7H2,(H,14,15). The largest absolute Gasteiger partial charge is 0.477 e. The summed E-state index contributed by atoms with van der Waals surface area (Å²) in [4.78, 5) is 22.5. The SMILES string of the molecule is O=C(O)c1cccc(=O)n1CC1CCCO1. The Balaban J connectivity index is 2.30. The average Bonchev–Trinajstić information content (AvgIpc) is 2.73. The molecule has 0 spiro atoms. The minimum absolute atomic E-state index is 0.0167. The number of hydrogen-bond donors (Lipinski definition) is 1. The van der Waals surface area contributed by atoms with E-state index in [1.54, 1.807) is 0 Å². The fraction of sp³-hybridized carbons (Fsp3) is 0.455. The molecule has 1 aliphatic heterocycles. The molecule has 1 N–H and O–H groups in total. The third kappa shape index (κ3) is 2.14. The maximum Gasteiger partial charge on any atom is 0.352 e. The Hall–Kier alpha value is -1.62. The molecule has 5 heteroatoms. The molecule has 1 aromatic heterocycles. The van der Waals surface area contributed by atoms with Gasteiger partial charge in [0.05, 0.1) is 12.6 Å². The molecule has 0 saturated carbocycles. The van der Waals surface area contributed by atoms with E-state index in [0.717, 1.165) is 12.8 Å². The topological polar surface area (TPSA) is 68.5 Å². The predicted octanol–water partition coefficient (Wildman–Crippen LogP) is 0.726. The van der Waals surface area contributed by atoms with E-state index in [9.17, 15) is 9.59 Å². The molecule has 1 atom stereocenters. The maximum absolute atomic E-state index is 11.6. The molecule has 1 saturated heterocycles. The van der Waals surface area contributed by atoms with Gasteiger partial charge in [0.1, 0.15) is 5.69 Å². The molecule has 2 rings (SSSR count). The first kappa shape index (κ1) is 10.9. The van der Waals surface area contributed by atoms with Gasteiger partial charge in [-0.3, -0.25) is 9.36 Å². The highest BCUT2D eigenvalue weighted by Crippen LogP contribution is 2.14. The monoisotopic (exact) mass is 223 g/mol. The van der Waals surface area contributed by atoms with Gasteiger partial charge in [0.2, 0.25) is 0 Å². The van der Waals surface area contributed by atoms with Gasteiger partial charge < -0.3 is 9.84 Å². The van der Waals surface area contributed by atoms with Crippen LogP contribution in [0.2, 0.25) is 0 Å². The molecule has 86 valence electrons. The zero-order valence-corrected chi connectivity index (χ0v) is 8.76. The van der Waals surface area contributed by atoms with E-state index in [1.165, 1.54) is 22.8 Å². The van der Waals surface area contributed by atoms with Crippen LogP contribution in [0.25, 0.3) is 0 Å². The summed E-state index contributed by atoms with van der Waals surface area (Å²) in [6.45, 7) is 1.01. The lowest BCUT2D eigenvalue weighted by atomic mass is 10.2. The highest BCUT2D eigenvalue weighted by atomic mass is 16.5. The molecule has 0 aliphatic carbocycles. The van der Waals surface area contributed by atoms with Crippen molar-refractivity contribution >= 4 is 5.97 Å². The van der Waals surface area contributed by atoms with Crippen molar-refractivity contribution in [1.82, 2.24) is 4.57 Å². The molecule has 0 radical (unpaired) electrons.